The van der Waals surface area contributed by atoms with Gasteiger partial charge in [-0.3, -0.25) is 4.79 Å². The third-order valence-corrected chi connectivity index (χ3v) is 5.87. The van der Waals surface area contributed by atoms with E-state index in [4.69, 9.17) is 0 Å². The molecule has 0 unspecified atom stereocenters. The van der Waals surface area contributed by atoms with Crippen molar-refractivity contribution in [2.45, 2.75) is 24.8 Å². The molecule has 2 rings (SSSR count). The zero-order valence-electron chi connectivity index (χ0n) is 14.5. The number of aliphatic hydroxyl groups is 1. The molecular weight excluding hydrogens is 420 g/mol. The number of rotatable bonds is 7. The van der Waals surface area contributed by atoms with Crippen LogP contribution in [0.4, 0.5) is 0 Å². The van der Waals surface area contributed by atoms with Gasteiger partial charge in [-0.1, -0.05) is 41.1 Å². The molecule has 0 saturated carbocycles. The first kappa shape index (κ1) is 20.6. The van der Waals surface area contributed by atoms with Crippen LogP contribution in [0.25, 0.3) is 0 Å². The molecular formula is C18H21BrN2O4S. The van der Waals surface area contributed by atoms with E-state index in [9.17, 15) is 18.3 Å². The summed E-state index contributed by atoms with van der Waals surface area (Å²) in [4.78, 5) is 12.7. The molecule has 8 heteroatoms. The van der Waals surface area contributed by atoms with Crippen LogP contribution in [0.3, 0.4) is 0 Å². The monoisotopic (exact) mass is 440 g/mol. The maximum absolute atomic E-state index is 12.7. The van der Waals surface area contributed by atoms with Crippen molar-refractivity contribution in [1.82, 2.24) is 10.0 Å². The van der Waals surface area contributed by atoms with E-state index in [0.29, 0.717) is 5.56 Å². The maximum atomic E-state index is 12.7. The SMILES string of the molecule is CCNS(=O)(=O)c1ccc(C)c(C(=O)N[C@H](CO)c2cccc(Br)c2)c1. The zero-order chi connectivity index (χ0) is 19.3. The second kappa shape index (κ2) is 8.77. The normalized spacial score (nSPS) is 12.6. The molecule has 2 aromatic rings. The lowest BCUT2D eigenvalue weighted by Crippen LogP contribution is -2.31. The lowest BCUT2D eigenvalue weighted by molar-refractivity contribution is 0.0915. The standard InChI is InChI=1S/C18H21BrN2O4S/c1-3-20-26(24,25)15-8-7-12(2)16(10-15)18(23)21-17(11-22)13-5-4-6-14(19)9-13/h4-10,17,20,22H,3,11H2,1-2H3,(H,21,23)/t17-/m1/s1. The summed E-state index contributed by atoms with van der Waals surface area (Å²) in [7, 11) is -3.66. The second-order valence-corrected chi connectivity index (χ2v) is 8.42. The summed E-state index contributed by atoms with van der Waals surface area (Å²) in [5.41, 5.74) is 1.63. The number of nitrogens with one attached hydrogen (secondary N) is 2. The summed E-state index contributed by atoms with van der Waals surface area (Å²) in [5.74, 6) is -0.449. The van der Waals surface area contributed by atoms with Gasteiger partial charge in [-0.15, -0.1) is 0 Å². The van der Waals surface area contributed by atoms with Crippen LogP contribution in [0.15, 0.2) is 51.8 Å². The highest BCUT2D eigenvalue weighted by molar-refractivity contribution is 9.10. The molecule has 6 nitrogen and oxygen atoms in total. The van der Waals surface area contributed by atoms with Crippen LogP contribution < -0.4 is 10.0 Å². The summed E-state index contributed by atoms with van der Waals surface area (Å²) in [5, 5.41) is 12.4. The Morgan fingerprint density at radius 1 is 1.23 bits per heavy atom. The van der Waals surface area contributed by atoms with Crippen LogP contribution in [-0.2, 0) is 10.0 Å². The summed E-state index contributed by atoms with van der Waals surface area (Å²) in [6.07, 6.45) is 0. The molecule has 2 aromatic carbocycles. The number of carbonyl (C=O) groups excluding carboxylic acids is 1. The Labute approximate surface area is 161 Å². The quantitative estimate of drug-likeness (QED) is 0.616. The van der Waals surface area contributed by atoms with Gasteiger partial charge in [0.15, 0.2) is 0 Å². The minimum Gasteiger partial charge on any atom is -0.394 e. The van der Waals surface area contributed by atoms with Crippen LogP contribution in [-0.4, -0.2) is 32.6 Å². The van der Waals surface area contributed by atoms with E-state index in [0.717, 1.165) is 10.0 Å². The molecule has 0 aliphatic heterocycles. The Balaban J connectivity index is 2.31. The number of aryl methyl sites for hydroxylation is 1. The first-order valence-electron chi connectivity index (χ1n) is 8.06. The van der Waals surface area contributed by atoms with Crippen molar-refractivity contribution in [1.29, 1.82) is 0 Å². The smallest absolute Gasteiger partial charge is 0.252 e. The molecule has 0 saturated heterocycles. The fourth-order valence-corrected chi connectivity index (χ4v) is 3.96. The van der Waals surface area contributed by atoms with Crippen molar-refractivity contribution in [2.24, 2.45) is 0 Å². The topological polar surface area (TPSA) is 95.5 Å². The van der Waals surface area contributed by atoms with Gasteiger partial charge in [0.2, 0.25) is 10.0 Å². The number of sulfonamides is 1. The lowest BCUT2D eigenvalue weighted by Gasteiger charge is -2.18. The molecule has 0 aliphatic rings. The van der Waals surface area contributed by atoms with Crippen molar-refractivity contribution >= 4 is 31.9 Å². The molecule has 0 spiro atoms. The summed E-state index contributed by atoms with van der Waals surface area (Å²) >= 11 is 3.36. The molecule has 26 heavy (non-hydrogen) atoms. The lowest BCUT2D eigenvalue weighted by atomic mass is 10.1. The summed E-state index contributed by atoms with van der Waals surface area (Å²) < 4.78 is 27.6. The first-order chi connectivity index (χ1) is 12.3. The second-order valence-electron chi connectivity index (χ2n) is 5.74. The van der Waals surface area contributed by atoms with Crippen LogP contribution in [0.2, 0.25) is 0 Å². The maximum Gasteiger partial charge on any atom is 0.252 e. The van der Waals surface area contributed by atoms with E-state index >= 15 is 0 Å². The Hall–Kier alpha value is -1.74. The molecule has 1 amide bonds. The molecule has 140 valence electrons. The molecule has 0 aliphatic carbocycles. The van der Waals surface area contributed by atoms with Gasteiger partial charge >= 0.3 is 0 Å². The number of hydrogen-bond donors (Lipinski definition) is 3. The third kappa shape index (κ3) is 4.91. The molecule has 1 atom stereocenters. The zero-order valence-corrected chi connectivity index (χ0v) is 16.9. The van der Waals surface area contributed by atoms with Gasteiger partial charge in [-0.05, 0) is 42.3 Å². The van der Waals surface area contributed by atoms with Crippen molar-refractivity contribution < 1.29 is 18.3 Å². The minimum absolute atomic E-state index is 0.0260. The van der Waals surface area contributed by atoms with Crippen molar-refractivity contribution in [2.75, 3.05) is 13.2 Å². The fraction of sp³-hybridized carbons (Fsp3) is 0.278. The van der Waals surface area contributed by atoms with E-state index in [1.807, 2.05) is 12.1 Å². The Morgan fingerprint density at radius 2 is 1.96 bits per heavy atom. The Morgan fingerprint density at radius 3 is 2.58 bits per heavy atom. The van der Waals surface area contributed by atoms with Gasteiger partial charge in [-0.25, -0.2) is 13.1 Å². The number of aliphatic hydroxyl groups excluding tert-OH is 1. The van der Waals surface area contributed by atoms with Crippen LogP contribution in [0.5, 0.6) is 0 Å². The predicted octanol–water partition coefficient (Wildman–Crippen LogP) is 2.52. The highest BCUT2D eigenvalue weighted by atomic mass is 79.9. The van der Waals surface area contributed by atoms with Gasteiger partial charge in [0.05, 0.1) is 17.5 Å². The number of benzene rings is 2. The third-order valence-electron chi connectivity index (χ3n) is 3.84. The van der Waals surface area contributed by atoms with Crippen molar-refractivity contribution in [3.8, 4) is 0 Å². The van der Waals surface area contributed by atoms with E-state index in [1.165, 1.54) is 12.1 Å². The van der Waals surface area contributed by atoms with Gasteiger partial charge < -0.3 is 10.4 Å². The van der Waals surface area contributed by atoms with Crippen LogP contribution in [0, 0.1) is 6.92 Å². The van der Waals surface area contributed by atoms with Gasteiger partial charge in [-0.2, -0.15) is 0 Å². The summed E-state index contributed by atoms with van der Waals surface area (Å²) in [6, 6.07) is 11.0. The number of halogens is 1. The van der Waals surface area contributed by atoms with E-state index in [-0.39, 0.29) is 23.6 Å². The molecule has 0 bridgehead atoms. The average Bonchev–Trinajstić information content (AvgIpc) is 2.59. The molecule has 0 radical (unpaired) electrons. The highest BCUT2D eigenvalue weighted by Crippen LogP contribution is 2.20. The van der Waals surface area contributed by atoms with Gasteiger partial charge in [0, 0.05) is 16.6 Å². The Bertz CT molecular complexity index is 900. The first-order valence-corrected chi connectivity index (χ1v) is 10.3. The van der Waals surface area contributed by atoms with Crippen LogP contribution in [0.1, 0.15) is 34.5 Å². The molecule has 3 N–H and O–H groups in total. The van der Waals surface area contributed by atoms with Crippen molar-refractivity contribution in [3.63, 3.8) is 0 Å². The largest absolute Gasteiger partial charge is 0.394 e. The average molecular weight is 441 g/mol. The van der Waals surface area contributed by atoms with E-state index < -0.39 is 22.0 Å². The van der Waals surface area contributed by atoms with Gasteiger partial charge in [0.1, 0.15) is 0 Å². The summed E-state index contributed by atoms with van der Waals surface area (Å²) in [6.45, 7) is 3.39. The Kier molecular flexibility index (Phi) is 6.94. The minimum atomic E-state index is -3.66. The number of amides is 1. The number of carbonyl (C=O) groups is 1. The van der Waals surface area contributed by atoms with Gasteiger partial charge in [0.25, 0.3) is 5.91 Å². The van der Waals surface area contributed by atoms with Crippen molar-refractivity contribution in [3.05, 3.63) is 63.6 Å². The van der Waals surface area contributed by atoms with Crippen LogP contribution >= 0.6 is 15.9 Å². The molecule has 0 fully saturated rings. The number of hydrogen-bond acceptors (Lipinski definition) is 4. The molecule has 0 aromatic heterocycles. The van der Waals surface area contributed by atoms with E-state index in [1.54, 1.807) is 32.0 Å². The van der Waals surface area contributed by atoms with E-state index in [2.05, 4.69) is 26.0 Å². The highest BCUT2D eigenvalue weighted by Gasteiger charge is 2.20. The molecule has 0 heterocycles. The predicted molar refractivity (Wildman–Crippen MR) is 103 cm³/mol. The fourth-order valence-electron chi connectivity index (χ4n) is 2.48.